The molecule has 2 amide bonds. The Bertz CT molecular complexity index is 805. The van der Waals surface area contributed by atoms with Crippen molar-refractivity contribution < 1.29 is 14.3 Å². The van der Waals surface area contributed by atoms with Gasteiger partial charge >= 0.3 is 0 Å². The molecular formula is C19H23N3O3. The number of H-pyrrole nitrogens is 1. The number of ether oxygens (including phenoxy) is 1. The number of primary amides is 1. The molecule has 1 aliphatic carbocycles. The molecule has 3 N–H and O–H groups in total. The molecule has 1 aromatic heterocycles. The van der Waals surface area contributed by atoms with Crippen LogP contribution in [0.1, 0.15) is 36.0 Å². The van der Waals surface area contributed by atoms with E-state index in [1.807, 2.05) is 35.4 Å². The smallest absolute Gasteiger partial charge is 0.253 e. The molecule has 2 aliphatic rings. The second-order valence-corrected chi connectivity index (χ2v) is 7.24. The average Bonchev–Trinajstić information content (AvgIpc) is 3.08. The molecule has 132 valence electrons. The van der Waals surface area contributed by atoms with Crippen molar-refractivity contribution in [2.45, 2.75) is 31.8 Å². The van der Waals surface area contributed by atoms with Crippen LogP contribution in [0.3, 0.4) is 0 Å². The summed E-state index contributed by atoms with van der Waals surface area (Å²) in [6.45, 7) is 1.46. The molecule has 1 atom stereocenters. The van der Waals surface area contributed by atoms with Gasteiger partial charge in [0.25, 0.3) is 5.91 Å². The zero-order chi connectivity index (χ0) is 17.4. The molecule has 1 spiro atoms. The molecule has 1 aromatic carbocycles. The van der Waals surface area contributed by atoms with E-state index in [2.05, 4.69) is 4.98 Å². The van der Waals surface area contributed by atoms with E-state index in [9.17, 15) is 9.59 Å². The molecule has 2 heterocycles. The van der Waals surface area contributed by atoms with Gasteiger partial charge in [0.15, 0.2) is 0 Å². The summed E-state index contributed by atoms with van der Waals surface area (Å²) in [5.41, 5.74) is 7.00. The zero-order valence-electron chi connectivity index (χ0n) is 14.2. The number of likely N-dealkylation sites (tertiary alicyclic amines) is 1. The van der Waals surface area contributed by atoms with E-state index in [1.165, 1.54) is 0 Å². The van der Waals surface area contributed by atoms with E-state index in [0.29, 0.717) is 0 Å². The first-order chi connectivity index (χ1) is 12.1. The maximum Gasteiger partial charge on any atom is 0.253 e. The van der Waals surface area contributed by atoms with Gasteiger partial charge in [0.1, 0.15) is 6.61 Å². The minimum absolute atomic E-state index is 0.00871. The SMILES string of the molecule is NC(=O)COC1CCC12CCN(C(=O)c1ccc3cc[nH]c3c1)CC2. The summed E-state index contributed by atoms with van der Waals surface area (Å²) in [5, 5.41) is 1.11. The molecule has 1 saturated carbocycles. The molecule has 0 radical (unpaired) electrons. The lowest BCUT2D eigenvalue weighted by molar-refractivity contribution is -0.148. The van der Waals surface area contributed by atoms with Crippen molar-refractivity contribution in [3.05, 3.63) is 36.0 Å². The van der Waals surface area contributed by atoms with Crippen LogP contribution in [-0.4, -0.2) is 47.5 Å². The molecule has 2 fully saturated rings. The first-order valence-electron chi connectivity index (χ1n) is 8.84. The number of hydrogen-bond donors (Lipinski definition) is 2. The number of hydrogen-bond acceptors (Lipinski definition) is 3. The van der Waals surface area contributed by atoms with Crippen LogP contribution in [0.5, 0.6) is 0 Å². The standard InChI is InChI=1S/C19H23N3O3/c20-17(23)12-25-16-3-5-19(16)6-9-22(10-7-19)18(24)14-2-1-13-4-8-21-15(13)11-14/h1-2,4,8,11,16,21H,3,5-7,9-10,12H2,(H2,20,23). The quantitative estimate of drug-likeness (QED) is 0.892. The second kappa shape index (κ2) is 6.19. The van der Waals surface area contributed by atoms with Crippen LogP contribution in [0.4, 0.5) is 0 Å². The van der Waals surface area contributed by atoms with E-state index in [-0.39, 0.29) is 24.0 Å². The summed E-state index contributed by atoms with van der Waals surface area (Å²) >= 11 is 0. The lowest BCUT2D eigenvalue weighted by atomic mass is 9.60. The van der Waals surface area contributed by atoms with Crippen molar-refractivity contribution in [1.82, 2.24) is 9.88 Å². The van der Waals surface area contributed by atoms with E-state index in [1.54, 1.807) is 0 Å². The van der Waals surface area contributed by atoms with E-state index in [0.717, 1.165) is 55.2 Å². The second-order valence-electron chi connectivity index (χ2n) is 7.24. The van der Waals surface area contributed by atoms with E-state index < -0.39 is 5.91 Å². The minimum Gasteiger partial charge on any atom is -0.368 e. The highest BCUT2D eigenvalue weighted by Crippen LogP contribution is 2.50. The van der Waals surface area contributed by atoms with Crippen molar-refractivity contribution in [3.8, 4) is 0 Å². The Balaban J connectivity index is 1.39. The molecule has 0 bridgehead atoms. The highest BCUT2D eigenvalue weighted by atomic mass is 16.5. The molecule has 1 unspecified atom stereocenters. The topological polar surface area (TPSA) is 88.4 Å². The zero-order valence-corrected chi connectivity index (χ0v) is 14.2. The van der Waals surface area contributed by atoms with Gasteiger partial charge in [-0.15, -0.1) is 0 Å². The number of piperidine rings is 1. The highest BCUT2D eigenvalue weighted by Gasteiger charge is 2.49. The predicted octanol–water partition coefficient (Wildman–Crippen LogP) is 2.05. The maximum atomic E-state index is 12.8. The van der Waals surface area contributed by atoms with Crippen molar-refractivity contribution in [2.75, 3.05) is 19.7 Å². The van der Waals surface area contributed by atoms with Gasteiger partial charge < -0.3 is 20.4 Å². The lowest BCUT2D eigenvalue weighted by Gasteiger charge is -2.53. The highest BCUT2D eigenvalue weighted by molar-refractivity contribution is 5.98. The number of aromatic amines is 1. The van der Waals surface area contributed by atoms with E-state index in [4.69, 9.17) is 10.5 Å². The first kappa shape index (κ1) is 16.1. The summed E-state index contributed by atoms with van der Waals surface area (Å²) in [5.74, 6) is -0.338. The van der Waals surface area contributed by atoms with Crippen LogP contribution in [0.25, 0.3) is 10.9 Å². The van der Waals surface area contributed by atoms with Gasteiger partial charge in [-0.2, -0.15) is 0 Å². The molecule has 25 heavy (non-hydrogen) atoms. The van der Waals surface area contributed by atoms with Crippen molar-refractivity contribution in [2.24, 2.45) is 11.1 Å². The number of amides is 2. The van der Waals surface area contributed by atoms with Gasteiger partial charge in [-0.1, -0.05) is 6.07 Å². The Kier molecular flexibility index (Phi) is 4.00. The van der Waals surface area contributed by atoms with Gasteiger partial charge in [0.05, 0.1) is 6.10 Å². The van der Waals surface area contributed by atoms with Crippen molar-refractivity contribution in [1.29, 1.82) is 0 Å². The molecule has 4 rings (SSSR count). The van der Waals surface area contributed by atoms with Crippen LogP contribution in [-0.2, 0) is 9.53 Å². The van der Waals surface area contributed by atoms with Crippen LogP contribution in [0.15, 0.2) is 30.5 Å². The Hall–Kier alpha value is -2.34. The van der Waals surface area contributed by atoms with Crippen LogP contribution in [0.2, 0.25) is 0 Å². The summed E-state index contributed by atoms with van der Waals surface area (Å²) in [6.07, 6.45) is 5.91. The third-order valence-corrected chi connectivity index (χ3v) is 5.86. The fraction of sp³-hybridized carbons (Fsp3) is 0.474. The Morgan fingerprint density at radius 1 is 1.24 bits per heavy atom. The minimum atomic E-state index is -0.422. The molecule has 6 nitrogen and oxygen atoms in total. The molecule has 2 aromatic rings. The third-order valence-electron chi connectivity index (χ3n) is 5.86. The number of carbonyl (C=O) groups is 2. The van der Waals surface area contributed by atoms with Gasteiger partial charge in [-0.3, -0.25) is 9.59 Å². The Labute approximate surface area is 146 Å². The van der Waals surface area contributed by atoms with Gasteiger partial charge in [-0.05, 0) is 49.3 Å². The molecule has 6 heteroatoms. The van der Waals surface area contributed by atoms with E-state index >= 15 is 0 Å². The Morgan fingerprint density at radius 3 is 2.72 bits per heavy atom. The summed E-state index contributed by atoms with van der Waals surface area (Å²) in [4.78, 5) is 28.8. The van der Waals surface area contributed by atoms with Crippen LogP contribution < -0.4 is 5.73 Å². The average molecular weight is 341 g/mol. The summed E-state index contributed by atoms with van der Waals surface area (Å²) in [7, 11) is 0. The maximum absolute atomic E-state index is 12.8. The molecule has 1 saturated heterocycles. The number of carbonyl (C=O) groups excluding carboxylic acids is 2. The number of nitrogens with zero attached hydrogens (tertiary/aromatic N) is 1. The monoisotopic (exact) mass is 341 g/mol. The van der Waals surface area contributed by atoms with Crippen LogP contribution >= 0.6 is 0 Å². The number of aromatic nitrogens is 1. The van der Waals surface area contributed by atoms with Gasteiger partial charge in [0.2, 0.25) is 5.91 Å². The van der Waals surface area contributed by atoms with Gasteiger partial charge in [-0.25, -0.2) is 0 Å². The van der Waals surface area contributed by atoms with Crippen molar-refractivity contribution >= 4 is 22.7 Å². The largest absolute Gasteiger partial charge is 0.368 e. The predicted molar refractivity (Wildman–Crippen MR) is 94.0 cm³/mol. The Morgan fingerprint density at radius 2 is 2.04 bits per heavy atom. The number of nitrogens with two attached hydrogens (primary N) is 1. The fourth-order valence-corrected chi connectivity index (χ4v) is 4.20. The fourth-order valence-electron chi connectivity index (χ4n) is 4.20. The number of rotatable bonds is 4. The summed E-state index contributed by atoms with van der Waals surface area (Å²) < 4.78 is 5.67. The number of nitrogens with one attached hydrogen (secondary N) is 1. The third kappa shape index (κ3) is 2.91. The van der Waals surface area contributed by atoms with Crippen LogP contribution in [0, 0.1) is 5.41 Å². The number of benzene rings is 1. The lowest BCUT2D eigenvalue weighted by Crippen LogP contribution is -2.54. The summed E-state index contributed by atoms with van der Waals surface area (Å²) in [6, 6.07) is 7.79. The normalized spacial score (nSPS) is 22.1. The molecular weight excluding hydrogens is 318 g/mol. The van der Waals surface area contributed by atoms with Gasteiger partial charge in [0, 0.05) is 35.8 Å². The first-order valence-corrected chi connectivity index (χ1v) is 8.84. The number of fused-ring (bicyclic) bond motifs is 1. The molecule has 1 aliphatic heterocycles. The van der Waals surface area contributed by atoms with Crippen molar-refractivity contribution in [3.63, 3.8) is 0 Å².